The lowest BCUT2D eigenvalue weighted by molar-refractivity contribution is -0.136. The van der Waals surface area contributed by atoms with E-state index in [9.17, 15) is 29.3 Å². The van der Waals surface area contributed by atoms with Gasteiger partial charge in [0.15, 0.2) is 0 Å². The zero-order valence-electron chi connectivity index (χ0n) is 11.4. The van der Waals surface area contributed by atoms with Gasteiger partial charge < -0.3 is 40.9 Å². The van der Waals surface area contributed by atoms with E-state index in [1.54, 1.807) is 0 Å². The first-order valence-electron chi connectivity index (χ1n) is 6.21. The summed E-state index contributed by atoms with van der Waals surface area (Å²) in [6.45, 7) is -0.728. The molecule has 1 unspecified atom stereocenters. The van der Waals surface area contributed by atoms with Crippen LogP contribution in [0.3, 0.4) is 0 Å². The molecule has 11 nitrogen and oxygen atoms in total. The topological polar surface area (TPSA) is 203 Å². The summed E-state index contributed by atoms with van der Waals surface area (Å²) in [7, 11) is -4.91. The molecule has 0 aromatic heterocycles. The number of aliphatic hydroxyl groups excluding tert-OH is 3. The van der Waals surface area contributed by atoms with Crippen molar-refractivity contribution in [3.05, 3.63) is 5.85 Å². The Balaban J connectivity index is 2.69. The number of primary amides is 1. The molecule has 1 heterocycles. The van der Waals surface area contributed by atoms with E-state index in [1.807, 2.05) is 0 Å². The van der Waals surface area contributed by atoms with Gasteiger partial charge in [0.05, 0.1) is 6.61 Å². The largest absolute Gasteiger partial charge is 0.417 e. The van der Waals surface area contributed by atoms with E-state index in [1.165, 1.54) is 0 Å². The predicted molar refractivity (Wildman–Crippen MR) is 69.5 cm³/mol. The van der Waals surface area contributed by atoms with Crippen molar-refractivity contribution in [2.45, 2.75) is 37.2 Å². The third-order valence-electron chi connectivity index (χ3n) is 2.91. The maximum absolute atomic E-state index is 11.9. The summed E-state index contributed by atoms with van der Waals surface area (Å²) in [6, 6.07) is -1.38. The molecule has 22 heavy (non-hydrogen) atoms. The molecule has 1 amide bonds. The van der Waals surface area contributed by atoms with Gasteiger partial charge in [0, 0.05) is 6.42 Å². The number of amides is 1. The molecule has 0 aromatic rings. The van der Waals surface area contributed by atoms with Gasteiger partial charge in [-0.15, -0.1) is 0 Å². The fourth-order valence-corrected chi connectivity index (χ4v) is 2.90. The van der Waals surface area contributed by atoms with Crippen LogP contribution < -0.4 is 11.5 Å². The van der Waals surface area contributed by atoms with E-state index in [2.05, 4.69) is 4.52 Å². The van der Waals surface area contributed by atoms with Gasteiger partial charge in [-0.25, -0.2) is 4.57 Å². The van der Waals surface area contributed by atoms with Crippen LogP contribution in [0.5, 0.6) is 0 Å². The fourth-order valence-electron chi connectivity index (χ4n) is 1.67. The minimum Gasteiger partial charge on any atom is -0.394 e. The Hall–Kier alpha value is -1.07. The van der Waals surface area contributed by atoms with Gasteiger partial charge in [0.25, 0.3) is 5.85 Å². The minimum absolute atomic E-state index is 0.200. The molecule has 0 spiro atoms. The third-order valence-corrected chi connectivity index (χ3v) is 4.26. The average molecular weight is 341 g/mol. The van der Waals surface area contributed by atoms with Gasteiger partial charge in [-0.05, 0) is 6.42 Å². The van der Waals surface area contributed by atoms with Crippen molar-refractivity contribution in [2.24, 2.45) is 11.5 Å². The average Bonchev–Trinajstić information content (AvgIpc) is 2.72. The van der Waals surface area contributed by atoms with E-state index < -0.39 is 56.3 Å². The highest BCUT2D eigenvalue weighted by atomic mass is 31.2. The molecule has 8 N–H and O–H groups in total. The van der Waals surface area contributed by atoms with Crippen molar-refractivity contribution >= 4 is 19.5 Å². The van der Waals surface area contributed by atoms with Crippen LogP contribution in [0, 0.1) is 5.85 Å². The summed E-state index contributed by atoms with van der Waals surface area (Å²) >= 11 is 0. The molecule has 5 atom stereocenters. The molecule has 1 aliphatic rings. The maximum Gasteiger partial charge on any atom is 0.417 e. The molecule has 127 valence electrons. The zero-order chi connectivity index (χ0) is 17.1. The predicted octanol–water partition coefficient (Wildman–Crippen LogP) is -3.09. The summed E-state index contributed by atoms with van der Waals surface area (Å²) in [5.41, 5.74) is 10.2. The number of carbonyl (C=O) groups is 2. The van der Waals surface area contributed by atoms with Gasteiger partial charge in [-0.1, -0.05) is 0 Å². The standard InChI is InChI=1S/C10H18N2O9P/c11-4(1-2-6(12)14)9(17)21-22(18,19)10-8(16)7(15)5(3-13)20-10/h4-5,7-8,13,15-16H,1-3,11H2,(H2,12,14)(H,18,19)/t4-,5+,7+,8+/m0/s1. The van der Waals surface area contributed by atoms with Gasteiger partial charge in [0.1, 0.15) is 24.4 Å². The summed E-state index contributed by atoms with van der Waals surface area (Å²) in [5.74, 6) is -2.99. The SMILES string of the molecule is NC(=O)CC[C@H](N)C(=O)OP(=O)(O)[C]1O[C@H](CO)[C@@H](O)[C@H]1O. The summed E-state index contributed by atoms with van der Waals surface area (Å²) in [5, 5.41) is 27.9. The van der Waals surface area contributed by atoms with Gasteiger partial charge in [-0.2, -0.15) is 0 Å². The Morgan fingerprint density at radius 1 is 1.41 bits per heavy atom. The Kier molecular flexibility index (Phi) is 6.44. The summed E-state index contributed by atoms with van der Waals surface area (Å²) < 4.78 is 21.0. The van der Waals surface area contributed by atoms with Crippen molar-refractivity contribution in [2.75, 3.05) is 6.61 Å². The van der Waals surface area contributed by atoms with Crippen molar-refractivity contribution in [1.29, 1.82) is 0 Å². The molecule has 0 bridgehead atoms. The second-order valence-electron chi connectivity index (χ2n) is 4.65. The second-order valence-corrected chi connectivity index (χ2v) is 6.32. The first-order valence-corrected chi connectivity index (χ1v) is 7.79. The molecule has 0 aromatic carbocycles. The van der Waals surface area contributed by atoms with Crippen LogP contribution in [-0.4, -0.2) is 63.1 Å². The molecule has 1 rings (SSSR count). The molecular formula is C10H18N2O9P. The maximum atomic E-state index is 11.9. The number of nitrogens with two attached hydrogens (primary N) is 2. The molecule has 1 saturated heterocycles. The van der Waals surface area contributed by atoms with Crippen molar-refractivity contribution in [1.82, 2.24) is 0 Å². The third kappa shape index (κ3) is 4.46. The molecule has 12 heteroatoms. The highest BCUT2D eigenvalue weighted by Crippen LogP contribution is 2.58. The van der Waals surface area contributed by atoms with Crippen LogP contribution in [0.1, 0.15) is 12.8 Å². The number of rotatable bonds is 7. The number of hydrogen-bond donors (Lipinski definition) is 6. The van der Waals surface area contributed by atoms with Crippen LogP contribution in [0.15, 0.2) is 0 Å². The van der Waals surface area contributed by atoms with E-state index in [0.717, 1.165) is 0 Å². The van der Waals surface area contributed by atoms with Crippen molar-refractivity contribution in [3.63, 3.8) is 0 Å². The quantitative estimate of drug-likeness (QED) is 0.257. The summed E-state index contributed by atoms with van der Waals surface area (Å²) in [6.07, 6.45) is -5.32. The van der Waals surface area contributed by atoms with E-state index in [-0.39, 0.29) is 12.8 Å². The normalized spacial score (nSPS) is 29.8. The number of aliphatic hydroxyl groups is 3. The molecule has 1 aliphatic heterocycles. The number of carbonyl (C=O) groups excluding carboxylic acids is 2. The van der Waals surface area contributed by atoms with Gasteiger partial charge >= 0.3 is 13.6 Å². The van der Waals surface area contributed by atoms with Crippen LogP contribution in [0.25, 0.3) is 0 Å². The van der Waals surface area contributed by atoms with Crippen molar-refractivity contribution < 1.29 is 43.6 Å². The first-order chi connectivity index (χ1) is 10.1. The lowest BCUT2D eigenvalue weighted by Gasteiger charge is -2.20. The van der Waals surface area contributed by atoms with Crippen molar-refractivity contribution in [3.8, 4) is 0 Å². The molecule has 0 aliphatic carbocycles. The smallest absolute Gasteiger partial charge is 0.394 e. The van der Waals surface area contributed by atoms with Gasteiger partial charge in [-0.3, -0.25) is 9.59 Å². The Morgan fingerprint density at radius 2 is 2.00 bits per heavy atom. The lowest BCUT2D eigenvalue weighted by Crippen LogP contribution is -2.34. The Morgan fingerprint density at radius 3 is 2.45 bits per heavy atom. The Bertz CT molecular complexity index is 473. The molecule has 1 fully saturated rings. The molecule has 1 radical (unpaired) electrons. The molecule has 0 saturated carbocycles. The summed E-state index contributed by atoms with van der Waals surface area (Å²) in [4.78, 5) is 31.8. The van der Waals surface area contributed by atoms with E-state index in [4.69, 9.17) is 21.3 Å². The highest BCUT2D eigenvalue weighted by molar-refractivity contribution is 7.56. The minimum atomic E-state index is -4.91. The lowest BCUT2D eigenvalue weighted by atomic mass is 10.2. The highest BCUT2D eigenvalue weighted by Gasteiger charge is 2.55. The second kappa shape index (κ2) is 7.47. The monoisotopic (exact) mass is 341 g/mol. The first kappa shape index (κ1) is 19.0. The van der Waals surface area contributed by atoms with Crippen LogP contribution in [-0.2, 0) is 23.4 Å². The molecular weight excluding hydrogens is 323 g/mol. The number of hydrogen-bond acceptors (Lipinski definition) is 9. The van der Waals surface area contributed by atoms with E-state index in [0.29, 0.717) is 0 Å². The van der Waals surface area contributed by atoms with Crippen LogP contribution in [0.2, 0.25) is 0 Å². The fraction of sp³-hybridized carbons (Fsp3) is 0.700. The van der Waals surface area contributed by atoms with Crippen LogP contribution in [0.4, 0.5) is 0 Å². The van der Waals surface area contributed by atoms with Crippen LogP contribution >= 0.6 is 7.60 Å². The van der Waals surface area contributed by atoms with Gasteiger partial charge in [0.2, 0.25) is 5.91 Å². The zero-order valence-corrected chi connectivity index (χ0v) is 12.3. The number of ether oxygens (including phenoxy) is 1. The van der Waals surface area contributed by atoms with E-state index >= 15 is 0 Å². The Labute approximate surface area is 125 Å².